The van der Waals surface area contributed by atoms with Crippen molar-refractivity contribution in [1.29, 1.82) is 0 Å². The number of benzene rings is 1. The molecule has 7 heteroatoms. The number of rotatable bonds is 9. The Bertz CT molecular complexity index is 620. The number of nitrogens with one attached hydrogen (secondary N) is 2. The van der Waals surface area contributed by atoms with Crippen molar-refractivity contribution >= 4 is 23.7 Å². The Hall–Kier alpha value is -2.57. The van der Waals surface area contributed by atoms with Crippen molar-refractivity contribution in [2.75, 3.05) is 5.32 Å². The fourth-order valence-corrected chi connectivity index (χ4v) is 2.44. The van der Waals surface area contributed by atoms with Crippen molar-refractivity contribution in [3.8, 4) is 0 Å². The number of carboxylic acids is 2. The summed E-state index contributed by atoms with van der Waals surface area (Å²) >= 11 is 0. The molecule has 1 atom stereocenters. The van der Waals surface area contributed by atoms with Crippen LogP contribution in [0.1, 0.15) is 58.4 Å². The average molecular weight is 364 g/mol. The van der Waals surface area contributed by atoms with Gasteiger partial charge in [-0.3, -0.25) is 4.79 Å². The fraction of sp³-hybridized carbons (Fsp3) is 0.526. The van der Waals surface area contributed by atoms with E-state index in [0.717, 1.165) is 5.56 Å². The van der Waals surface area contributed by atoms with Gasteiger partial charge in [0.05, 0.1) is 0 Å². The summed E-state index contributed by atoms with van der Waals surface area (Å²) < 4.78 is 0. The van der Waals surface area contributed by atoms with Crippen LogP contribution in [-0.2, 0) is 15.0 Å². The topological polar surface area (TPSA) is 116 Å². The minimum Gasteiger partial charge on any atom is -0.481 e. The highest BCUT2D eigenvalue weighted by Crippen LogP contribution is 2.23. The molecule has 0 saturated carbocycles. The molecule has 0 unspecified atom stereocenters. The van der Waals surface area contributed by atoms with E-state index in [9.17, 15) is 19.5 Å². The fourth-order valence-electron chi connectivity index (χ4n) is 2.44. The van der Waals surface area contributed by atoms with Crippen LogP contribution in [0.3, 0.4) is 0 Å². The second-order valence-electron chi connectivity index (χ2n) is 7.31. The molecule has 0 radical (unpaired) electrons. The molecule has 0 heterocycles. The van der Waals surface area contributed by atoms with E-state index in [2.05, 4.69) is 31.4 Å². The zero-order chi connectivity index (χ0) is 19.7. The van der Waals surface area contributed by atoms with Gasteiger partial charge in [0.15, 0.2) is 0 Å². The molecule has 0 aliphatic carbocycles. The Morgan fingerprint density at radius 1 is 1.00 bits per heavy atom. The van der Waals surface area contributed by atoms with Crippen molar-refractivity contribution < 1.29 is 24.6 Å². The molecule has 2 amide bonds. The number of carboxylic acid groups (broad SMARTS) is 2. The standard InChI is InChI=1S/C19H28N2O5/c1-19(2,3)13-9-11-14(12-10-13)20-18(26)21-15(17(24)25)7-5-4-6-8-16(22)23/h9-12,15H,4-8H2,1-3H3,(H,22,23)(H,24,25)(H2,20,21,26)/t15-/m0/s1. The summed E-state index contributed by atoms with van der Waals surface area (Å²) in [6, 6.07) is 5.82. The van der Waals surface area contributed by atoms with E-state index in [4.69, 9.17) is 5.11 Å². The van der Waals surface area contributed by atoms with Gasteiger partial charge in [-0.25, -0.2) is 9.59 Å². The molecule has 1 aromatic carbocycles. The highest BCUT2D eigenvalue weighted by Gasteiger charge is 2.19. The van der Waals surface area contributed by atoms with Gasteiger partial charge in [-0.15, -0.1) is 0 Å². The van der Waals surface area contributed by atoms with E-state index in [1.807, 2.05) is 12.1 Å². The normalized spacial score (nSPS) is 12.3. The second-order valence-corrected chi connectivity index (χ2v) is 7.31. The number of hydrogen-bond donors (Lipinski definition) is 4. The molecule has 1 rings (SSSR count). The first-order chi connectivity index (χ1) is 12.1. The Morgan fingerprint density at radius 2 is 1.62 bits per heavy atom. The molecule has 0 aliphatic rings. The van der Waals surface area contributed by atoms with E-state index in [1.54, 1.807) is 12.1 Å². The van der Waals surface area contributed by atoms with E-state index in [-0.39, 0.29) is 18.3 Å². The van der Waals surface area contributed by atoms with Crippen LogP contribution in [0.5, 0.6) is 0 Å². The van der Waals surface area contributed by atoms with Crippen LogP contribution >= 0.6 is 0 Å². The SMILES string of the molecule is CC(C)(C)c1ccc(NC(=O)N[C@@H](CCCCCC(=O)O)C(=O)O)cc1. The highest BCUT2D eigenvalue weighted by atomic mass is 16.4. The summed E-state index contributed by atoms with van der Waals surface area (Å²) in [7, 11) is 0. The van der Waals surface area contributed by atoms with Gasteiger partial charge in [0.1, 0.15) is 6.04 Å². The van der Waals surface area contributed by atoms with Gasteiger partial charge >= 0.3 is 18.0 Å². The summed E-state index contributed by atoms with van der Waals surface area (Å²) in [4.78, 5) is 33.7. The molecule has 1 aromatic rings. The van der Waals surface area contributed by atoms with Gasteiger partial charge in [-0.05, 0) is 36.0 Å². The lowest BCUT2D eigenvalue weighted by Gasteiger charge is -2.19. The number of anilines is 1. The van der Waals surface area contributed by atoms with Crippen molar-refractivity contribution in [3.05, 3.63) is 29.8 Å². The lowest BCUT2D eigenvalue weighted by Crippen LogP contribution is -2.43. The third-order valence-electron chi connectivity index (χ3n) is 4.00. The molecule has 0 aliphatic heterocycles. The number of aliphatic carboxylic acids is 2. The van der Waals surface area contributed by atoms with Gasteiger partial charge in [0.25, 0.3) is 0 Å². The lowest BCUT2D eigenvalue weighted by atomic mass is 9.87. The highest BCUT2D eigenvalue weighted by molar-refractivity contribution is 5.92. The van der Waals surface area contributed by atoms with E-state index in [1.165, 1.54) is 0 Å². The molecule has 4 N–H and O–H groups in total. The maximum Gasteiger partial charge on any atom is 0.326 e. The van der Waals surface area contributed by atoms with Crippen molar-refractivity contribution in [2.24, 2.45) is 0 Å². The van der Waals surface area contributed by atoms with Gasteiger partial charge in [0.2, 0.25) is 0 Å². The monoisotopic (exact) mass is 364 g/mol. The van der Waals surface area contributed by atoms with Crippen LogP contribution < -0.4 is 10.6 Å². The van der Waals surface area contributed by atoms with E-state index < -0.39 is 24.0 Å². The van der Waals surface area contributed by atoms with Gasteiger partial charge in [-0.2, -0.15) is 0 Å². The Balaban J connectivity index is 2.49. The van der Waals surface area contributed by atoms with Crippen LogP contribution in [0.2, 0.25) is 0 Å². The third kappa shape index (κ3) is 8.00. The Labute approximate surface area is 153 Å². The minimum absolute atomic E-state index is 0.00975. The molecule has 0 fully saturated rings. The van der Waals surface area contributed by atoms with Crippen LogP contribution in [-0.4, -0.2) is 34.2 Å². The predicted octanol–water partition coefficient (Wildman–Crippen LogP) is 3.59. The largest absolute Gasteiger partial charge is 0.481 e. The van der Waals surface area contributed by atoms with Gasteiger partial charge < -0.3 is 20.8 Å². The van der Waals surface area contributed by atoms with Crippen LogP contribution in [0.4, 0.5) is 10.5 Å². The molecule has 0 bridgehead atoms. The van der Waals surface area contributed by atoms with Gasteiger partial charge in [0, 0.05) is 12.1 Å². The molecular formula is C19H28N2O5. The first-order valence-electron chi connectivity index (χ1n) is 8.72. The number of hydrogen-bond acceptors (Lipinski definition) is 3. The number of amides is 2. The van der Waals surface area contributed by atoms with Crippen LogP contribution in [0.25, 0.3) is 0 Å². The van der Waals surface area contributed by atoms with Gasteiger partial charge in [-0.1, -0.05) is 45.7 Å². The number of urea groups is 1. The van der Waals surface area contributed by atoms with Crippen molar-refractivity contribution in [2.45, 2.75) is 64.3 Å². The molecule has 0 aromatic heterocycles. The Kier molecular flexibility index (Phi) is 8.09. The second kappa shape index (κ2) is 9.79. The molecule has 144 valence electrons. The molecule has 0 saturated heterocycles. The number of unbranched alkanes of at least 4 members (excludes halogenated alkanes) is 2. The van der Waals surface area contributed by atoms with Crippen LogP contribution in [0.15, 0.2) is 24.3 Å². The number of carbonyl (C=O) groups excluding carboxylic acids is 1. The summed E-state index contributed by atoms with van der Waals surface area (Å²) in [6.07, 6.45) is 1.95. The van der Waals surface area contributed by atoms with Crippen molar-refractivity contribution in [3.63, 3.8) is 0 Å². The number of carbonyl (C=O) groups is 3. The van der Waals surface area contributed by atoms with Crippen molar-refractivity contribution in [1.82, 2.24) is 5.32 Å². The average Bonchev–Trinajstić information content (AvgIpc) is 2.52. The first-order valence-corrected chi connectivity index (χ1v) is 8.72. The predicted molar refractivity (Wildman–Crippen MR) is 99.4 cm³/mol. The lowest BCUT2D eigenvalue weighted by molar-refractivity contribution is -0.139. The molecule has 0 spiro atoms. The zero-order valence-corrected chi connectivity index (χ0v) is 15.5. The Morgan fingerprint density at radius 3 is 2.12 bits per heavy atom. The summed E-state index contributed by atoms with van der Waals surface area (Å²) in [6.45, 7) is 6.28. The smallest absolute Gasteiger partial charge is 0.326 e. The summed E-state index contributed by atoms with van der Waals surface area (Å²) in [5, 5.41) is 22.9. The molecule has 7 nitrogen and oxygen atoms in total. The summed E-state index contributed by atoms with van der Waals surface area (Å²) in [5.74, 6) is -1.98. The minimum atomic E-state index is -1.11. The summed E-state index contributed by atoms with van der Waals surface area (Å²) in [5.41, 5.74) is 1.73. The molecular weight excluding hydrogens is 336 g/mol. The van der Waals surface area contributed by atoms with E-state index in [0.29, 0.717) is 24.9 Å². The molecule has 26 heavy (non-hydrogen) atoms. The first kappa shape index (κ1) is 21.5. The van der Waals surface area contributed by atoms with Crippen LogP contribution in [0, 0.1) is 0 Å². The zero-order valence-electron chi connectivity index (χ0n) is 15.5. The quantitative estimate of drug-likeness (QED) is 0.500. The van der Waals surface area contributed by atoms with E-state index >= 15 is 0 Å². The maximum atomic E-state index is 12.0. The maximum absolute atomic E-state index is 12.0. The third-order valence-corrected chi connectivity index (χ3v) is 4.00.